The number of aryl methyl sites for hydroxylation is 1. The molecule has 0 aliphatic carbocycles. The Morgan fingerprint density at radius 3 is 2.60 bits per heavy atom. The fourth-order valence-corrected chi connectivity index (χ4v) is 4.44. The molecule has 1 fully saturated rings. The van der Waals surface area contributed by atoms with Crippen LogP contribution in [0.2, 0.25) is 0 Å². The maximum atomic E-state index is 13.6. The van der Waals surface area contributed by atoms with Crippen molar-refractivity contribution in [1.29, 1.82) is 0 Å². The smallest absolute Gasteiger partial charge is 0.317 e. The van der Waals surface area contributed by atoms with Crippen molar-refractivity contribution in [3.63, 3.8) is 0 Å². The molecule has 0 spiro atoms. The molecule has 10 heteroatoms. The number of carbonyl (C=O) groups is 2. The van der Waals surface area contributed by atoms with E-state index in [0.29, 0.717) is 39.3 Å². The Balaban J connectivity index is 1.54. The monoisotopic (exact) mass is 484 g/mol. The van der Waals surface area contributed by atoms with E-state index in [0.717, 1.165) is 30.1 Å². The summed E-state index contributed by atoms with van der Waals surface area (Å²) in [5.41, 5.74) is 2.49. The van der Waals surface area contributed by atoms with E-state index in [1.165, 1.54) is 17.1 Å². The van der Waals surface area contributed by atoms with Crippen molar-refractivity contribution < 1.29 is 18.7 Å². The number of hydrazone groups is 1. The number of urea groups is 1. The molecule has 9 nitrogen and oxygen atoms in total. The van der Waals surface area contributed by atoms with E-state index in [1.54, 1.807) is 17.0 Å². The highest BCUT2D eigenvalue weighted by Crippen LogP contribution is 2.33. The Labute approximate surface area is 205 Å². The molecule has 2 aromatic rings. The van der Waals surface area contributed by atoms with E-state index in [-0.39, 0.29) is 30.3 Å². The molecule has 0 saturated carbocycles. The second-order valence-corrected chi connectivity index (χ2v) is 8.77. The van der Waals surface area contributed by atoms with Crippen molar-refractivity contribution in [2.24, 2.45) is 12.1 Å². The van der Waals surface area contributed by atoms with Crippen LogP contribution in [0, 0.1) is 5.82 Å². The Hall–Kier alpha value is -3.24. The zero-order chi connectivity index (χ0) is 24.8. The Kier molecular flexibility index (Phi) is 8.14. The predicted molar refractivity (Wildman–Crippen MR) is 130 cm³/mol. The first-order valence-corrected chi connectivity index (χ1v) is 12.1. The Morgan fingerprint density at radius 1 is 1.20 bits per heavy atom. The van der Waals surface area contributed by atoms with Gasteiger partial charge >= 0.3 is 6.03 Å². The first-order chi connectivity index (χ1) is 17.0. The van der Waals surface area contributed by atoms with Gasteiger partial charge in [0.25, 0.3) is 5.91 Å². The van der Waals surface area contributed by atoms with E-state index in [4.69, 9.17) is 4.74 Å². The molecule has 2 aliphatic rings. The van der Waals surface area contributed by atoms with Gasteiger partial charge < -0.3 is 19.5 Å². The first kappa shape index (κ1) is 24.9. The van der Waals surface area contributed by atoms with Gasteiger partial charge in [-0.1, -0.05) is 12.1 Å². The van der Waals surface area contributed by atoms with Crippen molar-refractivity contribution in [3.8, 4) is 0 Å². The second-order valence-electron chi connectivity index (χ2n) is 8.77. The van der Waals surface area contributed by atoms with Crippen LogP contribution in [0.1, 0.15) is 30.6 Å². The molecule has 1 aromatic heterocycles. The van der Waals surface area contributed by atoms with Gasteiger partial charge in [0.1, 0.15) is 12.4 Å². The van der Waals surface area contributed by atoms with E-state index in [2.05, 4.69) is 15.3 Å². The molecule has 1 saturated heterocycles. The number of hydrogen-bond acceptors (Lipinski definition) is 5. The molecular formula is C25H33FN6O3. The van der Waals surface area contributed by atoms with Crippen molar-refractivity contribution >= 4 is 17.6 Å². The lowest BCUT2D eigenvalue weighted by Gasteiger charge is -2.31. The van der Waals surface area contributed by atoms with Crippen molar-refractivity contribution in [2.45, 2.75) is 19.4 Å². The minimum Gasteiger partial charge on any atom is -0.379 e. The van der Waals surface area contributed by atoms with Gasteiger partial charge in [-0.15, -0.1) is 0 Å². The summed E-state index contributed by atoms with van der Waals surface area (Å²) in [6.45, 7) is 6.25. The van der Waals surface area contributed by atoms with Crippen molar-refractivity contribution in [1.82, 2.24) is 24.7 Å². The molecular weight excluding hydrogens is 451 g/mol. The molecule has 2 aliphatic heterocycles. The average Bonchev–Trinajstić information content (AvgIpc) is 3.49. The normalized spacial score (nSPS) is 18.4. The lowest BCUT2D eigenvalue weighted by Crippen LogP contribution is -2.49. The molecule has 3 heterocycles. The fraction of sp³-hybridized carbons (Fsp3) is 0.480. The first-order valence-electron chi connectivity index (χ1n) is 12.1. The number of benzene rings is 1. The number of nitrogens with one attached hydrogen (secondary N) is 1. The summed E-state index contributed by atoms with van der Waals surface area (Å²) >= 11 is 0. The molecule has 1 atom stereocenters. The topological polar surface area (TPSA) is 82.4 Å². The third kappa shape index (κ3) is 6.07. The minimum atomic E-state index is -0.372. The number of ether oxygens (including phenoxy) is 1. The number of aromatic nitrogens is 1. The second kappa shape index (κ2) is 11.5. The van der Waals surface area contributed by atoms with E-state index in [1.807, 2.05) is 36.9 Å². The van der Waals surface area contributed by atoms with E-state index in [9.17, 15) is 14.0 Å². The molecule has 188 valence electrons. The number of carbonyl (C=O) groups excluding carboxylic acids is 2. The van der Waals surface area contributed by atoms with Crippen LogP contribution in [0.3, 0.4) is 0 Å². The number of morpholine rings is 1. The molecule has 1 N–H and O–H groups in total. The van der Waals surface area contributed by atoms with Crippen LogP contribution in [0.25, 0.3) is 0 Å². The summed E-state index contributed by atoms with van der Waals surface area (Å²) in [5.74, 6) is -0.615. The highest BCUT2D eigenvalue weighted by atomic mass is 19.1. The van der Waals surface area contributed by atoms with Crippen LogP contribution in [-0.4, -0.2) is 89.5 Å². The van der Waals surface area contributed by atoms with E-state index >= 15 is 0 Å². The maximum absolute atomic E-state index is 13.6. The molecule has 35 heavy (non-hydrogen) atoms. The van der Waals surface area contributed by atoms with Gasteiger partial charge in [0.2, 0.25) is 0 Å². The molecule has 0 bridgehead atoms. The van der Waals surface area contributed by atoms with Crippen LogP contribution >= 0.6 is 0 Å². The van der Waals surface area contributed by atoms with Gasteiger partial charge in [0.05, 0.1) is 30.7 Å². The summed E-state index contributed by atoms with van der Waals surface area (Å²) in [7, 11) is 1.93. The quantitative estimate of drug-likeness (QED) is 0.623. The van der Waals surface area contributed by atoms with Gasteiger partial charge in [-0.25, -0.2) is 14.2 Å². The number of nitrogens with zero attached hydrogens (tertiary/aromatic N) is 5. The standard InChI is InChI=1S/C25H33FN6O3/c1-3-27-25(34)31(12-11-30-13-15-35-16-14-30)18-24(33)32-23(19-6-8-20(26)9-7-19)17-21(28-32)22-5-4-10-29(22)2/h4-10,23H,3,11-18H2,1-2H3,(H,27,34)/t23-/m1/s1. The predicted octanol–water partition coefficient (Wildman–Crippen LogP) is 2.21. The van der Waals surface area contributed by atoms with Crippen LogP contribution in [-0.2, 0) is 16.6 Å². The lowest BCUT2D eigenvalue weighted by molar-refractivity contribution is -0.133. The van der Waals surface area contributed by atoms with Gasteiger partial charge in [-0.3, -0.25) is 9.69 Å². The third-order valence-electron chi connectivity index (χ3n) is 6.39. The largest absolute Gasteiger partial charge is 0.379 e. The summed E-state index contributed by atoms with van der Waals surface area (Å²) < 4.78 is 20.9. The average molecular weight is 485 g/mol. The summed E-state index contributed by atoms with van der Waals surface area (Å²) in [6, 6.07) is 9.38. The number of amides is 3. The number of rotatable bonds is 8. The Morgan fingerprint density at radius 2 is 1.94 bits per heavy atom. The highest BCUT2D eigenvalue weighted by molar-refractivity contribution is 6.02. The lowest BCUT2D eigenvalue weighted by atomic mass is 10.0. The van der Waals surface area contributed by atoms with Gasteiger partial charge in [-0.05, 0) is 36.8 Å². The van der Waals surface area contributed by atoms with Crippen molar-refractivity contribution in [3.05, 3.63) is 59.7 Å². The molecule has 1 aromatic carbocycles. The Bertz CT molecular complexity index is 1050. The molecule has 3 amide bonds. The van der Waals surface area contributed by atoms with Gasteiger partial charge in [-0.2, -0.15) is 5.10 Å². The number of hydrogen-bond donors (Lipinski definition) is 1. The highest BCUT2D eigenvalue weighted by Gasteiger charge is 2.35. The SMILES string of the molecule is CCNC(=O)N(CCN1CCOCC1)CC(=O)N1N=C(c2cccn2C)C[C@@H]1c1ccc(F)cc1. The molecule has 0 radical (unpaired) electrons. The summed E-state index contributed by atoms with van der Waals surface area (Å²) in [6.07, 6.45) is 2.43. The van der Waals surface area contributed by atoms with Crippen LogP contribution < -0.4 is 5.32 Å². The molecule has 0 unspecified atom stereocenters. The number of halogens is 1. The molecule has 4 rings (SSSR count). The maximum Gasteiger partial charge on any atom is 0.317 e. The zero-order valence-electron chi connectivity index (χ0n) is 20.3. The summed E-state index contributed by atoms with van der Waals surface area (Å²) in [5, 5.41) is 8.94. The van der Waals surface area contributed by atoms with E-state index < -0.39 is 0 Å². The van der Waals surface area contributed by atoms with Crippen LogP contribution in [0.5, 0.6) is 0 Å². The zero-order valence-corrected chi connectivity index (χ0v) is 20.3. The van der Waals surface area contributed by atoms with Crippen molar-refractivity contribution in [2.75, 3.05) is 52.5 Å². The van der Waals surface area contributed by atoms with Crippen LogP contribution in [0.4, 0.5) is 9.18 Å². The van der Waals surface area contributed by atoms with Gasteiger partial charge in [0.15, 0.2) is 0 Å². The third-order valence-corrected chi connectivity index (χ3v) is 6.39. The van der Waals surface area contributed by atoms with Gasteiger partial charge in [0, 0.05) is 52.4 Å². The minimum absolute atomic E-state index is 0.0994. The fourth-order valence-electron chi connectivity index (χ4n) is 4.44. The van der Waals surface area contributed by atoms with Crippen LogP contribution in [0.15, 0.2) is 47.7 Å². The summed E-state index contributed by atoms with van der Waals surface area (Å²) in [4.78, 5) is 30.1.